The number of nitrogens with two attached hydrogens (primary N) is 1. The fraction of sp³-hybridized carbons (Fsp3) is 0.471. The lowest BCUT2D eigenvalue weighted by molar-refractivity contribution is 0.549. The predicted molar refractivity (Wildman–Crippen MR) is 90.6 cm³/mol. The van der Waals surface area contributed by atoms with Gasteiger partial charge in [-0.2, -0.15) is 5.10 Å². The van der Waals surface area contributed by atoms with Gasteiger partial charge in [0.15, 0.2) is 0 Å². The Kier molecular flexibility index (Phi) is 5.29. The number of benzene rings is 1. The molecule has 3 nitrogen and oxygen atoms in total. The van der Waals surface area contributed by atoms with Gasteiger partial charge < -0.3 is 5.73 Å². The number of nitrogens with zero attached hydrogens (tertiary/aromatic N) is 2. The summed E-state index contributed by atoms with van der Waals surface area (Å²) in [6.07, 6.45) is 4.60. The van der Waals surface area contributed by atoms with Gasteiger partial charge in [-0.3, -0.25) is 4.68 Å². The molecule has 2 aromatic rings. The maximum absolute atomic E-state index is 6.37. The fourth-order valence-electron chi connectivity index (χ4n) is 2.77. The second-order valence-electron chi connectivity index (χ2n) is 5.50. The highest BCUT2D eigenvalue weighted by molar-refractivity contribution is 6.33. The van der Waals surface area contributed by atoms with E-state index >= 15 is 0 Å². The number of halogens is 1. The molecule has 0 aliphatic heterocycles. The summed E-state index contributed by atoms with van der Waals surface area (Å²) >= 11 is 6.37. The Bertz CT molecular complexity index is 604. The third-order valence-corrected chi connectivity index (χ3v) is 4.38. The van der Waals surface area contributed by atoms with Crippen LogP contribution >= 0.6 is 11.6 Å². The number of anilines is 1. The van der Waals surface area contributed by atoms with E-state index in [0.29, 0.717) is 11.7 Å². The van der Waals surface area contributed by atoms with Crippen LogP contribution in [0.25, 0.3) is 11.1 Å². The first kappa shape index (κ1) is 15.9. The number of nitrogen functional groups attached to an aromatic ring is 1. The van der Waals surface area contributed by atoms with Crippen molar-refractivity contribution in [2.75, 3.05) is 5.73 Å². The van der Waals surface area contributed by atoms with Crippen LogP contribution in [0.3, 0.4) is 0 Å². The van der Waals surface area contributed by atoms with E-state index < -0.39 is 0 Å². The summed E-state index contributed by atoms with van der Waals surface area (Å²) in [5.74, 6) is 1.12. The maximum atomic E-state index is 6.37. The van der Waals surface area contributed by atoms with Gasteiger partial charge in [-0.05, 0) is 18.9 Å². The Hall–Kier alpha value is -1.48. The quantitative estimate of drug-likeness (QED) is 0.815. The van der Waals surface area contributed by atoms with Crippen LogP contribution in [-0.4, -0.2) is 9.78 Å². The van der Waals surface area contributed by atoms with Gasteiger partial charge in [0.05, 0.1) is 5.69 Å². The van der Waals surface area contributed by atoms with Crippen LogP contribution in [-0.2, 0) is 7.05 Å². The molecule has 2 N–H and O–H groups in total. The minimum Gasteiger partial charge on any atom is -0.383 e. The van der Waals surface area contributed by atoms with E-state index in [1.54, 1.807) is 4.68 Å². The summed E-state index contributed by atoms with van der Waals surface area (Å²) in [5, 5.41) is 5.41. The van der Waals surface area contributed by atoms with Gasteiger partial charge >= 0.3 is 0 Å². The fourth-order valence-corrected chi connectivity index (χ4v) is 3.00. The average molecular weight is 306 g/mol. The van der Waals surface area contributed by atoms with E-state index in [2.05, 4.69) is 18.9 Å². The summed E-state index contributed by atoms with van der Waals surface area (Å²) in [6, 6.07) is 7.85. The van der Waals surface area contributed by atoms with Crippen molar-refractivity contribution in [3.05, 3.63) is 35.0 Å². The molecule has 0 amide bonds. The van der Waals surface area contributed by atoms with E-state index in [9.17, 15) is 0 Å². The first-order valence-electron chi connectivity index (χ1n) is 7.67. The third kappa shape index (κ3) is 3.24. The molecule has 21 heavy (non-hydrogen) atoms. The van der Waals surface area contributed by atoms with Crippen LogP contribution in [0.15, 0.2) is 24.3 Å². The van der Waals surface area contributed by atoms with Gasteiger partial charge in [-0.1, -0.05) is 56.5 Å². The smallest absolute Gasteiger partial charge is 0.129 e. The molecule has 0 radical (unpaired) electrons. The number of hydrogen-bond acceptors (Lipinski definition) is 2. The van der Waals surface area contributed by atoms with Gasteiger partial charge in [0, 0.05) is 29.1 Å². The van der Waals surface area contributed by atoms with Crippen molar-refractivity contribution in [1.82, 2.24) is 9.78 Å². The second kappa shape index (κ2) is 6.99. The van der Waals surface area contributed by atoms with E-state index in [0.717, 1.165) is 34.7 Å². The molecule has 4 heteroatoms. The molecule has 0 spiro atoms. The lowest BCUT2D eigenvalue weighted by Crippen LogP contribution is -2.01. The van der Waals surface area contributed by atoms with Crippen molar-refractivity contribution >= 4 is 17.4 Å². The van der Waals surface area contributed by atoms with Crippen LogP contribution in [0.4, 0.5) is 5.82 Å². The molecule has 2 rings (SSSR count). The molecule has 0 aliphatic carbocycles. The molecule has 0 bridgehead atoms. The van der Waals surface area contributed by atoms with E-state index in [1.165, 1.54) is 12.8 Å². The molecule has 1 heterocycles. The first-order valence-corrected chi connectivity index (χ1v) is 8.05. The zero-order valence-electron chi connectivity index (χ0n) is 13.1. The minimum atomic E-state index is 0.430. The van der Waals surface area contributed by atoms with Gasteiger partial charge in [-0.15, -0.1) is 0 Å². The highest BCUT2D eigenvalue weighted by Crippen LogP contribution is 2.39. The van der Waals surface area contributed by atoms with Crippen LogP contribution in [0, 0.1) is 0 Å². The Balaban J connectivity index is 2.52. The third-order valence-electron chi connectivity index (χ3n) is 4.05. The number of aryl methyl sites for hydroxylation is 1. The van der Waals surface area contributed by atoms with Crippen molar-refractivity contribution in [2.24, 2.45) is 7.05 Å². The zero-order valence-corrected chi connectivity index (χ0v) is 13.8. The molecule has 0 saturated carbocycles. The van der Waals surface area contributed by atoms with E-state index in [1.807, 2.05) is 31.3 Å². The van der Waals surface area contributed by atoms with Crippen molar-refractivity contribution in [3.8, 4) is 11.1 Å². The summed E-state index contributed by atoms with van der Waals surface area (Å²) < 4.78 is 1.77. The summed E-state index contributed by atoms with van der Waals surface area (Å²) in [7, 11) is 1.89. The van der Waals surface area contributed by atoms with Crippen LogP contribution in [0.2, 0.25) is 5.02 Å². The number of hydrogen-bond donors (Lipinski definition) is 1. The second-order valence-corrected chi connectivity index (χ2v) is 5.90. The summed E-state index contributed by atoms with van der Waals surface area (Å²) in [6.45, 7) is 4.43. The van der Waals surface area contributed by atoms with E-state index in [-0.39, 0.29) is 0 Å². The molecule has 1 atom stereocenters. The van der Waals surface area contributed by atoms with Gasteiger partial charge in [0.1, 0.15) is 5.82 Å². The van der Waals surface area contributed by atoms with Gasteiger partial charge in [0.2, 0.25) is 0 Å². The highest BCUT2D eigenvalue weighted by Gasteiger charge is 2.23. The van der Waals surface area contributed by atoms with E-state index in [4.69, 9.17) is 17.3 Å². The number of aromatic nitrogens is 2. The molecule has 1 aromatic heterocycles. The normalized spacial score (nSPS) is 12.6. The summed E-state index contributed by atoms with van der Waals surface area (Å²) in [4.78, 5) is 0. The molecular weight excluding hydrogens is 282 g/mol. The molecule has 114 valence electrons. The number of unbranched alkanes of at least 4 members (excludes halogenated alkanes) is 1. The monoisotopic (exact) mass is 305 g/mol. The predicted octanol–water partition coefficient (Wildman–Crippen LogP) is 5.01. The van der Waals surface area contributed by atoms with Gasteiger partial charge in [0.25, 0.3) is 0 Å². The Labute approximate surface area is 132 Å². The van der Waals surface area contributed by atoms with Crippen LogP contribution in [0.1, 0.15) is 51.1 Å². The lowest BCUT2D eigenvalue weighted by atomic mass is 9.91. The Morgan fingerprint density at radius 2 is 2.00 bits per heavy atom. The molecule has 0 saturated heterocycles. The molecule has 1 aromatic carbocycles. The van der Waals surface area contributed by atoms with Crippen LogP contribution in [0.5, 0.6) is 0 Å². The molecule has 1 unspecified atom stereocenters. The van der Waals surface area contributed by atoms with Gasteiger partial charge in [-0.25, -0.2) is 0 Å². The summed E-state index contributed by atoms with van der Waals surface area (Å²) in [5.41, 5.74) is 9.34. The van der Waals surface area contributed by atoms with Crippen molar-refractivity contribution in [3.63, 3.8) is 0 Å². The van der Waals surface area contributed by atoms with Crippen LogP contribution < -0.4 is 5.73 Å². The molecular formula is C17H24ClN3. The van der Waals surface area contributed by atoms with Crippen molar-refractivity contribution < 1.29 is 0 Å². The zero-order chi connectivity index (χ0) is 15.4. The topological polar surface area (TPSA) is 43.8 Å². The average Bonchev–Trinajstić information content (AvgIpc) is 2.77. The first-order chi connectivity index (χ1) is 10.1. The minimum absolute atomic E-state index is 0.430. The van der Waals surface area contributed by atoms with Crippen molar-refractivity contribution in [1.29, 1.82) is 0 Å². The number of rotatable bonds is 6. The highest BCUT2D eigenvalue weighted by atomic mass is 35.5. The largest absolute Gasteiger partial charge is 0.383 e. The Morgan fingerprint density at radius 1 is 1.29 bits per heavy atom. The molecule has 0 fully saturated rings. The maximum Gasteiger partial charge on any atom is 0.129 e. The Morgan fingerprint density at radius 3 is 2.62 bits per heavy atom. The SMILES string of the molecule is CCCCC(CC)c1nn(C)c(N)c1-c1ccccc1Cl. The standard InChI is InChI=1S/C17H24ClN3/c1-4-6-9-12(5-2)16-15(17(19)21(3)20-16)13-10-7-8-11-14(13)18/h7-8,10-12H,4-6,9,19H2,1-3H3. The van der Waals surface area contributed by atoms with Crippen molar-refractivity contribution in [2.45, 2.75) is 45.4 Å². The molecule has 0 aliphatic rings. The lowest BCUT2D eigenvalue weighted by Gasteiger charge is -2.15.